The van der Waals surface area contributed by atoms with Crippen molar-refractivity contribution in [1.29, 1.82) is 0 Å². The molecule has 3 heteroatoms. The Morgan fingerprint density at radius 1 is 1.50 bits per heavy atom. The summed E-state index contributed by atoms with van der Waals surface area (Å²) in [6.45, 7) is 3.26. The van der Waals surface area contributed by atoms with Crippen molar-refractivity contribution in [3.05, 3.63) is 21.3 Å². The van der Waals surface area contributed by atoms with Gasteiger partial charge in [0.2, 0.25) is 0 Å². The van der Waals surface area contributed by atoms with Crippen molar-refractivity contribution < 1.29 is 0 Å². The van der Waals surface area contributed by atoms with Crippen molar-refractivity contribution in [2.75, 3.05) is 6.54 Å². The van der Waals surface area contributed by atoms with Gasteiger partial charge >= 0.3 is 0 Å². The third-order valence-corrected chi connectivity index (χ3v) is 4.67. The Kier molecular flexibility index (Phi) is 4.68. The summed E-state index contributed by atoms with van der Waals surface area (Å²) in [5.41, 5.74) is 0. The van der Waals surface area contributed by atoms with Gasteiger partial charge in [0.15, 0.2) is 0 Å². The van der Waals surface area contributed by atoms with E-state index in [0.29, 0.717) is 6.04 Å². The SMILES string of the molecule is CCNC(Cc1ccc(Cl)s1)CC1CCC1. The lowest BCUT2D eigenvalue weighted by atomic mass is 9.80. The Morgan fingerprint density at radius 2 is 2.31 bits per heavy atom. The van der Waals surface area contributed by atoms with E-state index in [2.05, 4.69) is 18.3 Å². The Hall–Kier alpha value is -0.0500. The average molecular weight is 258 g/mol. The normalized spacial score (nSPS) is 18.4. The van der Waals surface area contributed by atoms with Gasteiger partial charge in [0.25, 0.3) is 0 Å². The molecule has 1 unspecified atom stereocenters. The van der Waals surface area contributed by atoms with E-state index in [1.54, 1.807) is 11.3 Å². The van der Waals surface area contributed by atoms with Crippen molar-refractivity contribution >= 4 is 22.9 Å². The predicted octanol–water partition coefficient (Wildman–Crippen LogP) is 4.11. The molecule has 1 aliphatic rings. The average Bonchev–Trinajstić information content (AvgIpc) is 2.58. The lowest BCUT2D eigenvalue weighted by Gasteiger charge is -2.30. The summed E-state index contributed by atoms with van der Waals surface area (Å²) in [4.78, 5) is 1.41. The predicted molar refractivity (Wildman–Crippen MR) is 72.5 cm³/mol. The van der Waals surface area contributed by atoms with Crippen LogP contribution in [0.3, 0.4) is 0 Å². The molecule has 1 aromatic rings. The standard InChI is InChI=1S/C13H20ClNS/c1-2-15-11(8-10-4-3-5-10)9-12-6-7-13(14)16-12/h6-7,10-11,15H,2-5,8-9H2,1H3. The van der Waals surface area contributed by atoms with Crippen LogP contribution in [0.2, 0.25) is 4.34 Å². The second-order valence-corrected chi connectivity index (χ2v) is 6.50. The molecule has 1 aliphatic carbocycles. The van der Waals surface area contributed by atoms with Crippen LogP contribution in [-0.2, 0) is 6.42 Å². The maximum Gasteiger partial charge on any atom is 0.0931 e. The first-order chi connectivity index (χ1) is 7.78. The summed E-state index contributed by atoms with van der Waals surface area (Å²) in [5, 5.41) is 3.60. The fourth-order valence-corrected chi connectivity index (χ4v) is 3.53. The zero-order valence-electron chi connectivity index (χ0n) is 9.84. The third-order valence-electron chi connectivity index (χ3n) is 3.41. The molecule has 1 heterocycles. The number of thiophene rings is 1. The molecule has 0 saturated heterocycles. The number of likely N-dealkylation sites (N-methyl/N-ethyl adjacent to an activating group) is 1. The van der Waals surface area contributed by atoms with Crippen LogP contribution in [0.5, 0.6) is 0 Å². The van der Waals surface area contributed by atoms with Crippen LogP contribution < -0.4 is 5.32 Å². The van der Waals surface area contributed by atoms with Gasteiger partial charge in [-0.05, 0) is 37.4 Å². The maximum atomic E-state index is 5.96. The first-order valence-corrected chi connectivity index (χ1v) is 7.45. The van der Waals surface area contributed by atoms with Gasteiger partial charge < -0.3 is 5.32 Å². The summed E-state index contributed by atoms with van der Waals surface area (Å²) in [6.07, 6.45) is 6.79. The molecular weight excluding hydrogens is 238 g/mol. The van der Waals surface area contributed by atoms with Gasteiger partial charge in [-0.3, -0.25) is 0 Å². The van der Waals surface area contributed by atoms with Crippen LogP contribution in [0.15, 0.2) is 12.1 Å². The number of hydrogen-bond acceptors (Lipinski definition) is 2. The second-order valence-electron chi connectivity index (χ2n) is 4.70. The Bertz CT molecular complexity index is 319. The van der Waals surface area contributed by atoms with E-state index >= 15 is 0 Å². The molecule has 0 radical (unpaired) electrons. The summed E-state index contributed by atoms with van der Waals surface area (Å²) < 4.78 is 0.911. The highest BCUT2D eigenvalue weighted by atomic mass is 35.5. The first-order valence-electron chi connectivity index (χ1n) is 6.25. The Morgan fingerprint density at radius 3 is 2.81 bits per heavy atom. The lowest BCUT2D eigenvalue weighted by Crippen LogP contribution is -2.34. The van der Waals surface area contributed by atoms with Gasteiger partial charge in [0, 0.05) is 10.9 Å². The Labute approximate surface area is 107 Å². The minimum Gasteiger partial charge on any atom is -0.314 e. The molecule has 1 atom stereocenters. The van der Waals surface area contributed by atoms with E-state index < -0.39 is 0 Å². The van der Waals surface area contributed by atoms with Gasteiger partial charge in [-0.25, -0.2) is 0 Å². The van der Waals surface area contributed by atoms with Crippen LogP contribution in [0.4, 0.5) is 0 Å². The number of hydrogen-bond donors (Lipinski definition) is 1. The van der Waals surface area contributed by atoms with Crippen molar-refractivity contribution in [2.45, 2.75) is 45.1 Å². The van der Waals surface area contributed by atoms with Crippen LogP contribution in [-0.4, -0.2) is 12.6 Å². The molecule has 1 nitrogen and oxygen atoms in total. The molecule has 0 amide bonds. The first kappa shape index (κ1) is 12.4. The molecule has 0 bridgehead atoms. The number of nitrogens with one attached hydrogen (secondary N) is 1. The van der Waals surface area contributed by atoms with E-state index in [1.807, 2.05) is 6.07 Å². The fraction of sp³-hybridized carbons (Fsp3) is 0.692. The molecule has 0 aromatic carbocycles. The van der Waals surface area contributed by atoms with Gasteiger partial charge in [-0.1, -0.05) is 37.8 Å². The molecular formula is C13H20ClNS. The highest BCUT2D eigenvalue weighted by Gasteiger charge is 2.22. The largest absolute Gasteiger partial charge is 0.314 e. The van der Waals surface area contributed by atoms with E-state index in [0.717, 1.165) is 23.2 Å². The van der Waals surface area contributed by atoms with Crippen molar-refractivity contribution in [1.82, 2.24) is 5.32 Å². The van der Waals surface area contributed by atoms with E-state index in [1.165, 1.54) is 30.6 Å². The summed E-state index contributed by atoms with van der Waals surface area (Å²) >= 11 is 7.68. The molecule has 90 valence electrons. The molecule has 0 spiro atoms. The van der Waals surface area contributed by atoms with Crippen LogP contribution in [0.1, 0.15) is 37.5 Å². The molecule has 1 fully saturated rings. The molecule has 1 N–H and O–H groups in total. The molecule has 1 aromatic heterocycles. The van der Waals surface area contributed by atoms with Crippen LogP contribution in [0, 0.1) is 5.92 Å². The van der Waals surface area contributed by atoms with Gasteiger partial charge in [-0.2, -0.15) is 0 Å². The minimum absolute atomic E-state index is 0.644. The maximum absolute atomic E-state index is 5.96. The van der Waals surface area contributed by atoms with Crippen LogP contribution in [0.25, 0.3) is 0 Å². The minimum atomic E-state index is 0.644. The highest BCUT2D eigenvalue weighted by molar-refractivity contribution is 7.16. The molecule has 1 saturated carbocycles. The van der Waals surface area contributed by atoms with E-state index in [4.69, 9.17) is 11.6 Å². The third kappa shape index (κ3) is 3.47. The summed E-state index contributed by atoms with van der Waals surface area (Å²) in [5.74, 6) is 0.972. The summed E-state index contributed by atoms with van der Waals surface area (Å²) in [7, 11) is 0. The monoisotopic (exact) mass is 257 g/mol. The van der Waals surface area contributed by atoms with E-state index in [-0.39, 0.29) is 0 Å². The second kappa shape index (κ2) is 6.04. The Balaban J connectivity index is 1.85. The molecule has 2 rings (SSSR count). The number of halogens is 1. The lowest BCUT2D eigenvalue weighted by molar-refractivity contribution is 0.260. The molecule has 16 heavy (non-hydrogen) atoms. The zero-order chi connectivity index (χ0) is 11.4. The quantitative estimate of drug-likeness (QED) is 0.809. The van der Waals surface area contributed by atoms with Crippen molar-refractivity contribution in [2.24, 2.45) is 5.92 Å². The van der Waals surface area contributed by atoms with Crippen molar-refractivity contribution in [3.8, 4) is 0 Å². The van der Waals surface area contributed by atoms with Crippen LogP contribution >= 0.6 is 22.9 Å². The van der Waals surface area contributed by atoms with Gasteiger partial charge in [0.1, 0.15) is 0 Å². The summed E-state index contributed by atoms with van der Waals surface area (Å²) in [6, 6.07) is 4.82. The number of rotatable bonds is 6. The van der Waals surface area contributed by atoms with Gasteiger partial charge in [-0.15, -0.1) is 11.3 Å². The smallest absolute Gasteiger partial charge is 0.0931 e. The van der Waals surface area contributed by atoms with Gasteiger partial charge in [0.05, 0.1) is 4.34 Å². The van der Waals surface area contributed by atoms with Crippen molar-refractivity contribution in [3.63, 3.8) is 0 Å². The highest BCUT2D eigenvalue weighted by Crippen LogP contribution is 2.32. The zero-order valence-corrected chi connectivity index (χ0v) is 11.4. The topological polar surface area (TPSA) is 12.0 Å². The fourth-order valence-electron chi connectivity index (χ4n) is 2.36. The van der Waals surface area contributed by atoms with E-state index in [9.17, 15) is 0 Å². The molecule has 0 aliphatic heterocycles.